The van der Waals surface area contributed by atoms with Crippen molar-refractivity contribution in [2.75, 3.05) is 7.11 Å². The molecule has 2 nitrogen and oxygen atoms in total. The van der Waals surface area contributed by atoms with Gasteiger partial charge in [-0.15, -0.1) is 0 Å². The lowest BCUT2D eigenvalue weighted by atomic mass is 9.99. The van der Waals surface area contributed by atoms with Gasteiger partial charge in [0.2, 0.25) is 0 Å². The molecule has 2 heteroatoms. The normalized spacial score (nSPS) is 17.9. The summed E-state index contributed by atoms with van der Waals surface area (Å²) in [5.74, 6) is 0.915. The van der Waals surface area contributed by atoms with Crippen LogP contribution in [0.5, 0.6) is 5.75 Å². The summed E-state index contributed by atoms with van der Waals surface area (Å²) in [7, 11) is 1.70. The summed E-state index contributed by atoms with van der Waals surface area (Å²) in [6.07, 6.45) is 5.05. The van der Waals surface area contributed by atoms with Gasteiger partial charge in [0.05, 0.1) is 7.11 Å². The van der Waals surface area contributed by atoms with Gasteiger partial charge in [0, 0.05) is 12.6 Å². The average Bonchev–Trinajstić information content (AvgIpc) is 2.76. The summed E-state index contributed by atoms with van der Waals surface area (Å²) in [6, 6.07) is 17.7. The van der Waals surface area contributed by atoms with Gasteiger partial charge in [-0.3, -0.25) is 0 Å². The van der Waals surface area contributed by atoms with Crippen LogP contribution in [-0.2, 0) is 13.0 Å². The van der Waals surface area contributed by atoms with Crippen LogP contribution in [0.1, 0.15) is 42.0 Å². The topological polar surface area (TPSA) is 21.3 Å². The minimum absolute atomic E-state index is 0.478. The van der Waals surface area contributed by atoms with Crippen molar-refractivity contribution in [2.45, 2.75) is 38.3 Å². The summed E-state index contributed by atoms with van der Waals surface area (Å²) >= 11 is 0. The van der Waals surface area contributed by atoms with Gasteiger partial charge >= 0.3 is 0 Å². The molecule has 2 aromatic carbocycles. The Morgan fingerprint density at radius 2 is 1.86 bits per heavy atom. The minimum Gasteiger partial charge on any atom is -0.497 e. The second kappa shape index (κ2) is 6.77. The third-order valence-corrected chi connectivity index (χ3v) is 4.33. The maximum atomic E-state index is 5.21. The fourth-order valence-electron chi connectivity index (χ4n) is 3.12. The molecule has 1 aliphatic carbocycles. The molecule has 0 aliphatic heterocycles. The number of nitrogens with one attached hydrogen (secondary N) is 1. The molecule has 0 spiro atoms. The van der Waals surface area contributed by atoms with Gasteiger partial charge in [-0.1, -0.05) is 42.8 Å². The standard InChI is InChI=1S/C19H23NO/c1-21-17-12-10-15(11-13-17)14-20-19-9-5-3-7-16-6-2-4-8-18(16)19/h2,4,6,8,10-13,19-20H,3,5,7,9,14H2,1H3. The van der Waals surface area contributed by atoms with E-state index in [1.54, 1.807) is 7.11 Å². The third-order valence-electron chi connectivity index (χ3n) is 4.33. The lowest BCUT2D eigenvalue weighted by Gasteiger charge is -2.19. The van der Waals surface area contributed by atoms with Gasteiger partial charge < -0.3 is 10.1 Å². The Hall–Kier alpha value is -1.80. The van der Waals surface area contributed by atoms with Crippen LogP contribution in [0.25, 0.3) is 0 Å². The molecular weight excluding hydrogens is 258 g/mol. The predicted molar refractivity (Wildman–Crippen MR) is 86.6 cm³/mol. The van der Waals surface area contributed by atoms with Crippen molar-refractivity contribution >= 4 is 0 Å². The molecule has 2 aromatic rings. The Morgan fingerprint density at radius 1 is 1.05 bits per heavy atom. The zero-order chi connectivity index (χ0) is 14.5. The van der Waals surface area contributed by atoms with Crippen LogP contribution < -0.4 is 10.1 Å². The molecule has 0 bridgehead atoms. The largest absolute Gasteiger partial charge is 0.497 e. The first-order chi connectivity index (χ1) is 10.4. The zero-order valence-corrected chi connectivity index (χ0v) is 12.6. The van der Waals surface area contributed by atoms with Crippen molar-refractivity contribution in [3.05, 3.63) is 65.2 Å². The molecular formula is C19H23NO. The number of rotatable bonds is 4. The first-order valence-electron chi connectivity index (χ1n) is 7.81. The van der Waals surface area contributed by atoms with Gasteiger partial charge in [0.1, 0.15) is 5.75 Å². The molecule has 1 aliphatic rings. The molecule has 0 heterocycles. The molecule has 3 rings (SSSR count). The van der Waals surface area contributed by atoms with Crippen LogP contribution in [0.3, 0.4) is 0 Å². The van der Waals surface area contributed by atoms with Crippen molar-refractivity contribution in [3.63, 3.8) is 0 Å². The number of hydrogen-bond acceptors (Lipinski definition) is 2. The first kappa shape index (κ1) is 14.2. The molecule has 110 valence electrons. The van der Waals surface area contributed by atoms with Crippen LogP contribution >= 0.6 is 0 Å². The van der Waals surface area contributed by atoms with E-state index >= 15 is 0 Å². The van der Waals surface area contributed by atoms with Crippen molar-refractivity contribution in [1.82, 2.24) is 5.32 Å². The fourth-order valence-corrected chi connectivity index (χ4v) is 3.12. The highest BCUT2D eigenvalue weighted by molar-refractivity contribution is 5.32. The number of aryl methyl sites for hydroxylation is 1. The van der Waals surface area contributed by atoms with Gasteiger partial charge in [0.15, 0.2) is 0 Å². The summed E-state index contributed by atoms with van der Waals surface area (Å²) in [6.45, 7) is 0.906. The van der Waals surface area contributed by atoms with Crippen LogP contribution in [0.15, 0.2) is 48.5 Å². The second-order valence-electron chi connectivity index (χ2n) is 5.73. The molecule has 0 radical (unpaired) electrons. The SMILES string of the molecule is COc1ccc(CNC2CCCCc3ccccc32)cc1. The molecule has 1 N–H and O–H groups in total. The van der Waals surface area contributed by atoms with E-state index in [4.69, 9.17) is 4.74 Å². The first-order valence-corrected chi connectivity index (χ1v) is 7.81. The monoisotopic (exact) mass is 281 g/mol. The fraction of sp³-hybridized carbons (Fsp3) is 0.368. The Morgan fingerprint density at radius 3 is 2.67 bits per heavy atom. The Labute approximate surface area is 127 Å². The van der Waals surface area contributed by atoms with Crippen LogP contribution in [0.4, 0.5) is 0 Å². The predicted octanol–water partition coefficient (Wildman–Crippen LogP) is 4.25. The van der Waals surface area contributed by atoms with Crippen LogP contribution in [0.2, 0.25) is 0 Å². The van der Waals surface area contributed by atoms with E-state index in [1.165, 1.54) is 42.4 Å². The lowest BCUT2D eigenvalue weighted by molar-refractivity contribution is 0.414. The van der Waals surface area contributed by atoms with E-state index in [1.807, 2.05) is 12.1 Å². The molecule has 21 heavy (non-hydrogen) atoms. The van der Waals surface area contributed by atoms with Crippen LogP contribution in [0, 0.1) is 0 Å². The van der Waals surface area contributed by atoms with E-state index in [2.05, 4.69) is 41.7 Å². The highest BCUT2D eigenvalue weighted by Gasteiger charge is 2.17. The molecule has 0 amide bonds. The average molecular weight is 281 g/mol. The molecule has 0 aromatic heterocycles. The van der Waals surface area contributed by atoms with Crippen molar-refractivity contribution in [2.24, 2.45) is 0 Å². The Balaban J connectivity index is 1.69. The second-order valence-corrected chi connectivity index (χ2v) is 5.73. The van der Waals surface area contributed by atoms with Gasteiger partial charge in [-0.05, 0) is 48.1 Å². The molecule has 0 fully saturated rings. The van der Waals surface area contributed by atoms with Crippen molar-refractivity contribution in [3.8, 4) is 5.75 Å². The third kappa shape index (κ3) is 3.45. The summed E-state index contributed by atoms with van der Waals surface area (Å²) in [5.41, 5.74) is 4.31. The van der Waals surface area contributed by atoms with Crippen LogP contribution in [-0.4, -0.2) is 7.11 Å². The maximum Gasteiger partial charge on any atom is 0.118 e. The lowest BCUT2D eigenvalue weighted by Crippen LogP contribution is -2.21. The van der Waals surface area contributed by atoms with E-state index in [9.17, 15) is 0 Å². The number of ether oxygens (including phenoxy) is 1. The van der Waals surface area contributed by atoms with Crippen molar-refractivity contribution in [1.29, 1.82) is 0 Å². The number of hydrogen-bond donors (Lipinski definition) is 1. The molecule has 1 unspecified atom stereocenters. The van der Waals surface area contributed by atoms with Gasteiger partial charge in [-0.2, -0.15) is 0 Å². The quantitative estimate of drug-likeness (QED) is 0.846. The van der Waals surface area contributed by atoms with E-state index < -0.39 is 0 Å². The van der Waals surface area contributed by atoms with Gasteiger partial charge in [0.25, 0.3) is 0 Å². The van der Waals surface area contributed by atoms with Crippen molar-refractivity contribution < 1.29 is 4.74 Å². The van der Waals surface area contributed by atoms with E-state index in [0.717, 1.165) is 12.3 Å². The highest BCUT2D eigenvalue weighted by atomic mass is 16.5. The Bertz CT molecular complexity index is 576. The Kier molecular flexibility index (Phi) is 4.56. The molecule has 0 saturated carbocycles. The van der Waals surface area contributed by atoms with E-state index in [-0.39, 0.29) is 0 Å². The summed E-state index contributed by atoms with van der Waals surface area (Å²) < 4.78 is 5.21. The smallest absolute Gasteiger partial charge is 0.118 e. The minimum atomic E-state index is 0.478. The maximum absolute atomic E-state index is 5.21. The summed E-state index contributed by atoms with van der Waals surface area (Å²) in [5, 5.41) is 3.73. The number of methoxy groups -OCH3 is 1. The summed E-state index contributed by atoms with van der Waals surface area (Å²) in [4.78, 5) is 0. The number of fused-ring (bicyclic) bond motifs is 1. The highest BCUT2D eigenvalue weighted by Crippen LogP contribution is 2.28. The van der Waals surface area contributed by atoms with E-state index in [0.29, 0.717) is 6.04 Å². The van der Waals surface area contributed by atoms with Gasteiger partial charge in [-0.25, -0.2) is 0 Å². The molecule has 0 saturated heterocycles. The number of benzene rings is 2. The molecule has 1 atom stereocenters. The zero-order valence-electron chi connectivity index (χ0n) is 12.6.